The van der Waals surface area contributed by atoms with E-state index in [4.69, 9.17) is 4.42 Å². The van der Waals surface area contributed by atoms with E-state index in [2.05, 4.69) is 27.4 Å². The molecule has 5 nitrogen and oxygen atoms in total. The van der Waals surface area contributed by atoms with Crippen molar-refractivity contribution in [3.63, 3.8) is 0 Å². The molecule has 1 atom stereocenters. The van der Waals surface area contributed by atoms with Crippen molar-refractivity contribution < 1.29 is 9.21 Å². The molecular weight excluding hydrogens is 314 g/mol. The lowest BCUT2D eigenvalue weighted by Crippen LogP contribution is -2.27. The van der Waals surface area contributed by atoms with E-state index in [1.165, 1.54) is 11.1 Å². The second kappa shape index (κ2) is 6.16. The zero-order valence-electron chi connectivity index (χ0n) is 14.2. The van der Waals surface area contributed by atoms with Gasteiger partial charge in [0.1, 0.15) is 12.0 Å². The summed E-state index contributed by atoms with van der Waals surface area (Å²) in [4.78, 5) is 21.0. The fraction of sp³-hybridized carbons (Fsp3) is 0.250. The summed E-state index contributed by atoms with van der Waals surface area (Å²) in [6.07, 6.45) is 5.20. The molecule has 0 fully saturated rings. The number of rotatable bonds is 3. The fourth-order valence-corrected chi connectivity index (χ4v) is 3.35. The Morgan fingerprint density at radius 3 is 2.88 bits per heavy atom. The lowest BCUT2D eigenvalue weighted by molar-refractivity contribution is 0.0936. The Morgan fingerprint density at radius 1 is 1.24 bits per heavy atom. The summed E-state index contributed by atoms with van der Waals surface area (Å²) in [6, 6.07) is 9.87. The van der Waals surface area contributed by atoms with Crippen LogP contribution in [0, 0.1) is 13.8 Å². The van der Waals surface area contributed by atoms with Crippen molar-refractivity contribution in [1.82, 2.24) is 15.3 Å². The van der Waals surface area contributed by atoms with Crippen molar-refractivity contribution in [1.29, 1.82) is 0 Å². The summed E-state index contributed by atoms with van der Waals surface area (Å²) in [6.45, 7) is 3.72. The van der Waals surface area contributed by atoms with Crippen molar-refractivity contribution in [3.8, 4) is 11.3 Å². The first-order chi connectivity index (χ1) is 12.1. The predicted octanol–water partition coefficient (Wildman–Crippen LogP) is 3.77. The van der Waals surface area contributed by atoms with Gasteiger partial charge in [0, 0.05) is 29.9 Å². The molecule has 2 heterocycles. The summed E-state index contributed by atoms with van der Waals surface area (Å²) in [5.41, 5.74) is 5.83. The van der Waals surface area contributed by atoms with Crippen molar-refractivity contribution in [2.45, 2.75) is 32.7 Å². The number of carbonyl (C=O) groups is 1. The number of pyridine rings is 1. The first kappa shape index (κ1) is 15.6. The molecule has 1 aliphatic carbocycles. The number of aromatic nitrogens is 2. The number of hydrogen-bond donors (Lipinski definition) is 1. The second-order valence-electron chi connectivity index (χ2n) is 6.42. The largest absolute Gasteiger partial charge is 0.449 e. The summed E-state index contributed by atoms with van der Waals surface area (Å²) in [5, 5.41) is 3.14. The van der Waals surface area contributed by atoms with E-state index < -0.39 is 0 Å². The normalized spacial score (nSPS) is 15.8. The first-order valence-corrected chi connectivity index (χ1v) is 8.39. The van der Waals surface area contributed by atoms with Crippen LogP contribution in [0.2, 0.25) is 0 Å². The molecule has 1 aromatic carbocycles. The highest BCUT2D eigenvalue weighted by molar-refractivity contribution is 5.94. The van der Waals surface area contributed by atoms with Crippen LogP contribution in [0.3, 0.4) is 0 Å². The molecule has 25 heavy (non-hydrogen) atoms. The topological polar surface area (TPSA) is 68.0 Å². The third-order valence-corrected chi connectivity index (χ3v) is 4.60. The van der Waals surface area contributed by atoms with Crippen LogP contribution in [-0.4, -0.2) is 15.9 Å². The Balaban J connectivity index is 1.55. The molecule has 1 N–H and O–H groups in total. The zero-order chi connectivity index (χ0) is 17.4. The van der Waals surface area contributed by atoms with Crippen LogP contribution >= 0.6 is 0 Å². The molecule has 3 aromatic rings. The second-order valence-corrected chi connectivity index (χ2v) is 6.42. The maximum absolute atomic E-state index is 12.5. The van der Waals surface area contributed by atoms with E-state index in [1.807, 2.05) is 19.9 Å². The molecule has 0 aliphatic heterocycles. The van der Waals surface area contributed by atoms with Gasteiger partial charge in [-0.15, -0.1) is 0 Å². The van der Waals surface area contributed by atoms with Crippen molar-refractivity contribution >= 4 is 5.91 Å². The minimum absolute atomic E-state index is 0.0454. The first-order valence-electron chi connectivity index (χ1n) is 8.39. The number of fused-ring (bicyclic) bond motifs is 1. The third kappa shape index (κ3) is 3.05. The van der Waals surface area contributed by atoms with E-state index >= 15 is 0 Å². The average molecular weight is 333 g/mol. The number of oxazole rings is 1. The van der Waals surface area contributed by atoms with Crippen LogP contribution < -0.4 is 5.32 Å². The zero-order valence-corrected chi connectivity index (χ0v) is 14.2. The van der Waals surface area contributed by atoms with E-state index in [-0.39, 0.29) is 11.9 Å². The molecule has 2 aromatic heterocycles. The van der Waals surface area contributed by atoms with E-state index in [1.54, 1.807) is 24.6 Å². The standard InChI is InChI=1S/C20H19N3O2/c1-12-9-16(7-8-21-12)20(24)23-18-6-4-14-10-15(3-5-17(14)18)19-11-25-13(2)22-19/h3,5,7-11,18H,4,6H2,1-2H3,(H,23,24)/t18-/m1/s1. The van der Waals surface area contributed by atoms with Crippen LogP contribution in [0.5, 0.6) is 0 Å². The number of benzene rings is 1. The van der Waals surface area contributed by atoms with Crippen LogP contribution in [0.25, 0.3) is 11.3 Å². The fourth-order valence-electron chi connectivity index (χ4n) is 3.35. The molecule has 1 amide bonds. The van der Waals surface area contributed by atoms with Crippen LogP contribution in [0.4, 0.5) is 0 Å². The minimum atomic E-state index is -0.0560. The molecule has 126 valence electrons. The number of aryl methyl sites for hydroxylation is 3. The highest BCUT2D eigenvalue weighted by Crippen LogP contribution is 2.34. The highest BCUT2D eigenvalue weighted by atomic mass is 16.3. The molecule has 0 bridgehead atoms. The molecule has 0 radical (unpaired) electrons. The van der Waals surface area contributed by atoms with E-state index in [9.17, 15) is 4.79 Å². The molecule has 0 saturated heterocycles. The Hall–Kier alpha value is -2.95. The van der Waals surface area contributed by atoms with Gasteiger partial charge in [-0.1, -0.05) is 12.1 Å². The van der Waals surface area contributed by atoms with Gasteiger partial charge in [-0.05, 0) is 49.1 Å². The molecule has 1 aliphatic rings. The summed E-state index contributed by atoms with van der Waals surface area (Å²) in [5.74, 6) is 0.604. The van der Waals surface area contributed by atoms with Crippen LogP contribution in [0.1, 0.15) is 45.5 Å². The van der Waals surface area contributed by atoms with Gasteiger partial charge in [-0.3, -0.25) is 9.78 Å². The van der Waals surface area contributed by atoms with Gasteiger partial charge in [0.15, 0.2) is 5.89 Å². The summed E-state index contributed by atoms with van der Waals surface area (Å²) < 4.78 is 5.30. The van der Waals surface area contributed by atoms with Crippen LogP contribution in [-0.2, 0) is 6.42 Å². The maximum atomic E-state index is 12.5. The van der Waals surface area contributed by atoms with Crippen molar-refractivity contribution in [2.75, 3.05) is 0 Å². The van der Waals surface area contributed by atoms with Gasteiger partial charge in [0.25, 0.3) is 5.91 Å². The third-order valence-electron chi connectivity index (χ3n) is 4.60. The maximum Gasteiger partial charge on any atom is 0.251 e. The number of amides is 1. The molecule has 5 heteroatoms. The van der Waals surface area contributed by atoms with Crippen molar-refractivity contribution in [2.24, 2.45) is 0 Å². The van der Waals surface area contributed by atoms with Gasteiger partial charge in [0.05, 0.1) is 6.04 Å². The molecule has 0 saturated carbocycles. The monoisotopic (exact) mass is 333 g/mol. The Labute approximate surface area is 146 Å². The average Bonchev–Trinajstić information content (AvgIpc) is 3.21. The summed E-state index contributed by atoms with van der Waals surface area (Å²) in [7, 11) is 0. The molecule has 0 unspecified atom stereocenters. The molecule has 0 spiro atoms. The van der Waals surface area contributed by atoms with Crippen molar-refractivity contribution in [3.05, 3.63) is 71.1 Å². The molecular formula is C20H19N3O2. The number of carbonyl (C=O) groups excluding carboxylic acids is 1. The number of nitrogens with zero attached hydrogens (tertiary/aromatic N) is 2. The van der Waals surface area contributed by atoms with Gasteiger partial charge in [-0.25, -0.2) is 4.98 Å². The Bertz CT molecular complexity index is 946. The van der Waals surface area contributed by atoms with Crippen LogP contribution in [0.15, 0.2) is 47.2 Å². The lowest BCUT2D eigenvalue weighted by atomic mass is 10.0. The Kier molecular flexibility index (Phi) is 3.84. The summed E-state index contributed by atoms with van der Waals surface area (Å²) >= 11 is 0. The number of nitrogens with one attached hydrogen (secondary N) is 1. The van der Waals surface area contributed by atoms with E-state index in [0.29, 0.717) is 11.5 Å². The van der Waals surface area contributed by atoms with Gasteiger partial charge in [0.2, 0.25) is 0 Å². The lowest BCUT2D eigenvalue weighted by Gasteiger charge is -2.14. The Morgan fingerprint density at radius 2 is 2.12 bits per heavy atom. The SMILES string of the molecule is Cc1cc(C(=O)N[C@@H]2CCc3cc(-c4coc(C)n4)ccc32)ccn1. The highest BCUT2D eigenvalue weighted by Gasteiger charge is 2.25. The predicted molar refractivity (Wildman–Crippen MR) is 94.2 cm³/mol. The van der Waals surface area contributed by atoms with E-state index in [0.717, 1.165) is 29.8 Å². The minimum Gasteiger partial charge on any atom is -0.449 e. The smallest absolute Gasteiger partial charge is 0.251 e. The molecule has 4 rings (SSSR count). The van der Waals surface area contributed by atoms with Gasteiger partial charge in [-0.2, -0.15) is 0 Å². The van der Waals surface area contributed by atoms with Gasteiger partial charge >= 0.3 is 0 Å². The van der Waals surface area contributed by atoms with Gasteiger partial charge < -0.3 is 9.73 Å². The number of hydrogen-bond acceptors (Lipinski definition) is 4. The quantitative estimate of drug-likeness (QED) is 0.792.